The van der Waals surface area contributed by atoms with Gasteiger partial charge in [-0.1, -0.05) is 48.0 Å². The van der Waals surface area contributed by atoms with Gasteiger partial charge in [0.15, 0.2) is 0 Å². The van der Waals surface area contributed by atoms with Crippen LogP contribution in [0.3, 0.4) is 0 Å². The fourth-order valence-corrected chi connectivity index (χ4v) is 5.18. The van der Waals surface area contributed by atoms with Crippen molar-refractivity contribution in [1.29, 1.82) is 0 Å². The van der Waals surface area contributed by atoms with Gasteiger partial charge in [0.2, 0.25) is 5.91 Å². The molecule has 0 bridgehead atoms. The lowest BCUT2D eigenvalue weighted by Crippen LogP contribution is -2.44. The van der Waals surface area contributed by atoms with Crippen LogP contribution in [0.2, 0.25) is 5.02 Å². The number of nitrogens with zero attached hydrogens (tertiary/aromatic N) is 2. The van der Waals surface area contributed by atoms with Gasteiger partial charge in [-0.25, -0.2) is 0 Å². The van der Waals surface area contributed by atoms with Crippen LogP contribution in [-0.4, -0.2) is 35.4 Å². The molecule has 7 heteroatoms. The van der Waals surface area contributed by atoms with E-state index in [1.807, 2.05) is 60.3 Å². The first-order valence-electron chi connectivity index (χ1n) is 10.9. The number of amides is 2. The van der Waals surface area contributed by atoms with Crippen LogP contribution in [0.4, 0.5) is 5.69 Å². The molecule has 0 saturated carbocycles. The Morgan fingerprint density at radius 2 is 1.74 bits per heavy atom. The van der Waals surface area contributed by atoms with E-state index in [0.29, 0.717) is 27.6 Å². The first kappa shape index (κ1) is 22.0. The van der Waals surface area contributed by atoms with Crippen molar-refractivity contribution in [3.8, 4) is 5.75 Å². The van der Waals surface area contributed by atoms with E-state index >= 15 is 0 Å². The van der Waals surface area contributed by atoms with Gasteiger partial charge in [-0.15, -0.1) is 0 Å². The SMILES string of the molecule is COc1ccc(NC(=O)C2c3ccccc3C(=O)N(C)C2c2cn(C)c3ccccc23)cc1Cl. The summed E-state index contributed by atoms with van der Waals surface area (Å²) in [5.41, 5.74) is 3.77. The summed E-state index contributed by atoms with van der Waals surface area (Å²) in [7, 11) is 5.27. The number of para-hydroxylation sites is 1. The predicted molar refractivity (Wildman–Crippen MR) is 134 cm³/mol. The molecule has 1 N–H and O–H groups in total. The van der Waals surface area contributed by atoms with Crippen LogP contribution in [0, 0.1) is 0 Å². The van der Waals surface area contributed by atoms with E-state index < -0.39 is 12.0 Å². The molecule has 2 amide bonds. The van der Waals surface area contributed by atoms with Gasteiger partial charge in [-0.2, -0.15) is 0 Å². The minimum Gasteiger partial charge on any atom is -0.495 e. The molecule has 0 spiro atoms. The Kier molecular flexibility index (Phi) is 5.54. The van der Waals surface area contributed by atoms with Crippen molar-refractivity contribution in [2.45, 2.75) is 12.0 Å². The molecular weight excluding hydrogens is 450 g/mol. The van der Waals surface area contributed by atoms with E-state index in [-0.39, 0.29) is 11.8 Å². The summed E-state index contributed by atoms with van der Waals surface area (Å²) in [6.07, 6.45) is 2.01. The van der Waals surface area contributed by atoms with Gasteiger partial charge in [-0.05, 0) is 35.9 Å². The fraction of sp³-hybridized carbons (Fsp3) is 0.185. The summed E-state index contributed by atoms with van der Waals surface area (Å²) in [5, 5.41) is 4.43. The van der Waals surface area contributed by atoms with Gasteiger partial charge in [0.05, 0.1) is 24.1 Å². The van der Waals surface area contributed by atoms with Crippen LogP contribution in [0.5, 0.6) is 5.75 Å². The highest BCUT2D eigenvalue weighted by Crippen LogP contribution is 2.45. The molecule has 2 atom stereocenters. The number of anilines is 1. The molecule has 0 saturated heterocycles. The van der Waals surface area contributed by atoms with E-state index in [1.165, 1.54) is 0 Å². The smallest absolute Gasteiger partial charge is 0.254 e. The molecule has 1 aliphatic heterocycles. The summed E-state index contributed by atoms with van der Waals surface area (Å²) in [6, 6.07) is 20.0. The minimum absolute atomic E-state index is 0.106. The number of ether oxygens (including phenoxy) is 1. The number of carbonyl (C=O) groups excluding carboxylic acids is 2. The van der Waals surface area contributed by atoms with Crippen molar-refractivity contribution in [1.82, 2.24) is 9.47 Å². The first-order chi connectivity index (χ1) is 16.4. The largest absolute Gasteiger partial charge is 0.495 e. The standard InChI is InChI=1S/C27H24ClN3O3/c1-30-15-20(17-8-6-7-11-22(17)30)25-24(18-9-4-5-10-19(18)27(33)31(25)2)26(32)29-16-12-13-23(34-3)21(28)14-16/h4-15,24-25H,1-3H3,(H,29,32). The lowest BCUT2D eigenvalue weighted by molar-refractivity contribution is -0.119. The van der Waals surface area contributed by atoms with E-state index in [4.69, 9.17) is 16.3 Å². The number of likely N-dealkylation sites (N-methyl/N-ethyl adjacent to an activating group) is 1. The molecule has 0 fully saturated rings. The summed E-state index contributed by atoms with van der Waals surface area (Å²) >= 11 is 6.28. The number of hydrogen-bond donors (Lipinski definition) is 1. The van der Waals surface area contributed by atoms with Crippen LogP contribution in [-0.2, 0) is 11.8 Å². The maximum atomic E-state index is 13.8. The highest BCUT2D eigenvalue weighted by molar-refractivity contribution is 6.32. The Hall–Kier alpha value is -3.77. The first-order valence-corrected chi connectivity index (χ1v) is 11.3. The van der Waals surface area contributed by atoms with Gasteiger partial charge in [0.25, 0.3) is 5.91 Å². The van der Waals surface area contributed by atoms with Gasteiger partial charge in [-0.3, -0.25) is 9.59 Å². The normalized spacial score (nSPS) is 17.5. The zero-order chi connectivity index (χ0) is 24.0. The Morgan fingerprint density at radius 1 is 1.00 bits per heavy atom. The lowest BCUT2D eigenvalue weighted by Gasteiger charge is -2.39. The predicted octanol–water partition coefficient (Wildman–Crippen LogP) is 5.39. The number of hydrogen-bond acceptors (Lipinski definition) is 3. The molecular formula is C27H24ClN3O3. The highest BCUT2D eigenvalue weighted by atomic mass is 35.5. The number of carbonyl (C=O) groups is 2. The average Bonchev–Trinajstić information content (AvgIpc) is 3.17. The molecule has 172 valence electrons. The highest BCUT2D eigenvalue weighted by Gasteiger charge is 2.43. The molecule has 6 nitrogen and oxygen atoms in total. The summed E-state index contributed by atoms with van der Waals surface area (Å²) in [4.78, 5) is 28.9. The van der Waals surface area contributed by atoms with E-state index in [2.05, 4.69) is 5.32 Å². The average molecular weight is 474 g/mol. The Balaban J connectivity index is 1.64. The number of methoxy groups -OCH3 is 1. The minimum atomic E-state index is -0.620. The van der Waals surface area contributed by atoms with Crippen molar-refractivity contribution >= 4 is 40.0 Å². The second-order valence-corrected chi connectivity index (χ2v) is 8.88. The molecule has 0 radical (unpaired) electrons. The molecule has 1 aliphatic rings. The van der Waals surface area contributed by atoms with Crippen LogP contribution in [0.1, 0.15) is 33.4 Å². The third-order valence-electron chi connectivity index (χ3n) is 6.53. The number of benzene rings is 3. The molecule has 1 aromatic heterocycles. The van der Waals surface area contributed by atoms with Crippen LogP contribution in [0.15, 0.2) is 72.9 Å². The fourth-order valence-electron chi connectivity index (χ4n) is 4.92. The van der Waals surface area contributed by atoms with Crippen molar-refractivity contribution < 1.29 is 14.3 Å². The molecule has 5 rings (SSSR count). The van der Waals surface area contributed by atoms with Gasteiger partial charge >= 0.3 is 0 Å². The number of aromatic nitrogens is 1. The van der Waals surface area contributed by atoms with E-state index in [0.717, 1.165) is 16.5 Å². The van der Waals surface area contributed by atoms with Crippen LogP contribution < -0.4 is 10.1 Å². The number of aryl methyl sites for hydroxylation is 1. The van der Waals surface area contributed by atoms with Gasteiger partial charge in [0, 0.05) is 48.0 Å². The Bertz CT molecular complexity index is 1430. The van der Waals surface area contributed by atoms with Crippen LogP contribution >= 0.6 is 11.6 Å². The van der Waals surface area contributed by atoms with Crippen molar-refractivity contribution in [2.24, 2.45) is 7.05 Å². The second kappa shape index (κ2) is 8.54. The number of rotatable bonds is 4. The molecule has 0 aliphatic carbocycles. The molecule has 2 heterocycles. The quantitative estimate of drug-likeness (QED) is 0.432. The van der Waals surface area contributed by atoms with Gasteiger partial charge in [0.1, 0.15) is 5.75 Å². The van der Waals surface area contributed by atoms with Crippen molar-refractivity contribution in [2.75, 3.05) is 19.5 Å². The van der Waals surface area contributed by atoms with E-state index in [9.17, 15) is 9.59 Å². The number of nitrogens with one attached hydrogen (secondary N) is 1. The number of halogens is 1. The Labute approximate surface area is 202 Å². The lowest BCUT2D eigenvalue weighted by atomic mass is 9.79. The molecule has 34 heavy (non-hydrogen) atoms. The molecule has 3 aromatic carbocycles. The summed E-state index contributed by atoms with van der Waals surface area (Å²) in [5.74, 6) is -0.414. The third-order valence-corrected chi connectivity index (χ3v) is 6.82. The molecule has 4 aromatic rings. The summed E-state index contributed by atoms with van der Waals surface area (Å²) in [6.45, 7) is 0. The zero-order valence-electron chi connectivity index (χ0n) is 19.1. The maximum Gasteiger partial charge on any atom is 0.254 e. The van der Waals surface area contributed by atoms with Crippen molar-refractivity contribution in [3.05, 3.63) is 94.6 Å². The third kappa shape index (κ3) is 3.51. The molecule has 2 unspecified atom stereocenters. The topological polar surface area (TPSA) is 63.6 Å². The second-order valence-electron chi connectivity index (χ2n) is 8.48. The Morgan fingerprint density at radius 3 is 2.50 bits per heavy atom. The van der Waals surface area contributed by atoms with Gasteiger partial charge < -0.3 is 19.5 Å². The zero-order valence-corrected chi connectivity index (χ0v) is 19.8. The number of fused-ring (bicyclic) bond motifs is 2. The van der Waals surface area contributed by atoms with Crippen LogP contribution in [0.25, 0.3) is 10.9 Å². The maximum absolute atomic E-state index is 13.8. The summed E-state index contributed by atoms with van der Waals surface area (Å²) < 4.78 is 7.25. The van der Waals surface area contributed by atoms with Crippen molar-refractivity contribution in [3.63, 3.8) is 0 Å². The van der Waals surface area contributed by atoms with E-state index in [1.54, 1.807) is 43.3 Å². The monoisotopic (exact) mass is 473 g/mol.